The van der Waals surface area contributed by atoms with Crippen molar-refractivity contribution < 1.29 is 9.32 Å². The lowest BCUT2D eigenvalue weighted by Gasteiger charge is -2.19. The highest BCUT2D eigenvalue weighted by Gasteiger charge is 2.19. The van der Waals surface area contributed by atoms with Crippen LogP contribution in [0.2, 0.25) is 0 Å². The van der Waals surface area contributed by atoms with Crippen LogP contribution >= 0.6 is 11.3 Å². The number of amides is 1. The number of thiazole rings is 1. The van der Waals surface area contributed by atoms with Crippen LogP contribution in [0.5, 0.6) is 0 Å². The first-order valence-corrected chi connectivity index (χ1v) is 7.25. The summed E-state index contributed by atoms with van der Waals surface area (Å²) in [6, 6.07) is 0. The fourth-order valence-electron chi connectivity index (χ4n) is 1.54. The van der Waals surface area contributed by atoms with Crippen LogP contribution < -0.4 is 16.4 Å². The first-order chi connectivity index (χ1) is 9.85. The molecule has 0 aliphatic heterocycles. The van der Waals surface area contributed by atoms with Crippen LogP contribution in [0.1, 0.15) is 36.3 Å². The standard InChI is InChI=1S/C12H18N6O2S/c1-12(2,3)18-11-17-9(13)8(21-11)10(19)14-5-4-7-15-6-16-20-7/h6H,4-5,13H2,1-3H3,(H,14,19)(H,17,18). The van der Waals surface area contributed by atoms with Crippen molar-refractivity contribution in [3.05, 3.63) is 17.1 Å². The molecule has 0 spiro atoms. The molecule has 0 bridgehead atoms. The summed E-state index contributed by atoms with van der Waals surface area (Å²) in [7, 11) is 0. The number of rotatable bonds is 5. The Labute approximate surface area is 126 Å². The molecule has 114 valence electrons. The Morgan fingerprint density at radius 3 is 2.86 bits per heavy atom. The summed E-state index contributed by atoms with van der Waals surface area (Å²) in [5.74, 6) is 0.441. The monoisotopic (exact) mass is 310 g/mol. The van der Waals surface area contributed by atoms with Gasteiger partial charge in [0.05, 0.1) is 0 Å². The second-order valence-electron chi connectivity index (χ2n) is 5.45. The van der Waals surface area contributed by atoms with Gasteiger partial charge in [0.2, 0.25) is 5.89 Å². The highest BCUT2D eigenvalue weighted by Crippen LogP contribution is 2.26. The summed E-state index contributed by atoms with van der Waals surface area (Å²) in [5.41, 5.74) is 5.64. The third-order valence-electron chi connectivity index (χ3n) is 2.37. The predicted molar refractivity (Wildman–Crippen MR) is 80.2 cm³/mol. The summed E-state index contributed by atoms with van der Waals surface area (Å²) in [6.07, 6.45) is 1.79. The number of aromatic nitrogens is 3. The molecule has 2 rings (SSSR count). The molecular weight excluding hydrogens is 292 g/mol. The fraction of sp³-hybridized carbons (Fsp3) is 0.500. The average Bonchev–Trinajstić information content (AvgIpc) is 2.97. The van der Waals surface area contributed by atoms with Crippen LogP contribution in [0.15, 0.2) is 10.9 Å². The second-order valence-corrected chi connectivity index (χ2v) is 6.45. The SMILES string of the molecule is CC(C)(C)Nc1nc(N)c(C(=O)NCCc2ncno2)s1. The van der Waals surface area contributed by atoms with Crippen LogP contribution in [0.25, 0.3) is 0 Å². The molecule has 0 radical (unpaired) electrons. The highest BCUT2D eigenvalue weighted by molar-refractivity contribution is 7.18. The van der Waals surface area contributed by atoms with E-state index in [1.54, 1.807) is 0 Å². The van der Waals surface area contributed by atoms with Crippen molar-refractivity contribution in [2.45, 2.75) is 32.7 Å². The zero-order valence-corrected chi connectivity index (χ0v) is 13.0. The van der Waals surface area contributed by atoms with E-state index in [-0.39, 0.29) is 17.3 Å². The third kappa shape index (κ3) is 4.42. The molecular formula is C12H18N6O2S. The van der Waals surface area contributed by atoms with Gasteiger partial charge in [0, 0.05) is 18.5 Å². The first kappa shape index (κ1) is 15.2. The highest BCUT2D eigenvalue weighted by atomic mass is 32.1. The molecule has 8 nitrogen and oxygen atoms in total. The molecule has 0 atom stereocenters. The topological polar surface area (TPSA) is 119 Å². The van der Waals surface area contributed by atoms with Gasteiger partial charge in [-0.15, -0.1) is 0 Å². The molecule has 9 heteroatoms. The molecule has 21 heavy (non-hydrogen) atoms. The van der Waals surface area contributed by atoms with Crippen LogP contribution in [-0.4, -0.2) is 33.1 Å². The van der Waals surface area contributed by atoms with Gasteiger partial charge in [-0.2, -0.15) is 4.98 Å². The second kappa shape index (κ2) is 6.08. The molecule has 0 aliphatic carbocycles. The Morgan fingerprint density at radius 1 is 1.48 bits per heavy atom. The van der Waals surface area contributed by atoms with Gasteiger partial charge in [-0.05, 0) is 20.8 Å². The van der Waals surface area contributed by atoms with E-state index in [9.17, 15) is 4.79 Å². The molecule has 0 aliphatic rings. The third-order valence-corrected chi connectivity index (χ3v) is 3.36. The number of nitrogens with two attached hydrogens (primary N) is 1. The van der Waals surface area contributed by atoms with E-state index < -0.39 is 0 Å². The lowest BCUT2D eigenvalue weighted by molar-refractivity contribution is 0.0958. The quantitative estimate of drug-likeness (QED) is 0.761. The summed E-state index contributed by atoms with van der Waals surface area (Å²) in [6.45, 7) is 6.42. The lowest BCUT2D eigenvalue weighted by atomic mass is 10.1. The van der Waals surface area contributed by atoms with E-state index in [0.717, 1.165) is 0 Å². The Bertz CT molecular complexity index is 602. The molecule has 0 saturated carbocycles. The number of hydrogen-bond donors (Lipinski definition) is 3. The van der Waals surface area contributed by atoms with Crippen molar-refractivity contribution in [1.82, 2.24) is 20.4 Å². The number of nitrogen functional groups attached to an aromatic ring is 1. The van der Waals surface area contributed by atoms with E-state index in [0.29, 0.717) is 28.9 Å². The minimum Gasteiger partial charge on any atom is -0.382 e. The van der Waals surface area contributed by atoms with Crippen molar-refractivity contribution in [3.8, 4) is 0 Å². The molecule has 1 amide bonds. The van der Waals surface area contributed by atoms with Crippen LogP contribution in [0, 0.1) is 0 Å². The Morgan fingerprint density at radius 2 is 2.24 bits per heavy atom. The maximum Gasteiger partial charge on any atom is 0.265 e. The Hall–Kier alpha value is -2.16. The Balaban J connectivity index is 1.92. The molecule has 2 aromatic heterocycles. The van der Waals surface area contributed by atoms with Gasteiger partial charge in [0.25, 0.3) is 5.91 Å². The van der Waals surface area contributed by atoms with E-state index in [1.807, 2.05) is 20.8 Å². The van der Waals surface area contributed by atoms with Gasteiger partial charge < -0.3 is 20.9 Å². The van der Waals surface area contributed by atoms with Gasteiger partial charge in [0.15, 0.2) is 11.5 Å². The summed E-state index contributed by atoms with van der Waals surface area (Å²) in [5, 5.41) is 10.1. The van der Waals surface area contributed by atoms with Gasteiger partial charge in [-0.1, -0.05) is 16.5 Å². The molecule has 0 fully saturated rings. The Kier molecular flexibility index (Phi) is 4.41. The van der Waals surface area contributed by atoms with Gasteiger partial charge in [0.1, 0.15) is 10.7 Å². The maximum atomic E-state index is 12.1. The maximum absolute atomic E-state index is 12.1. The van der Waals surface area contributed by atoms with Crippen molar-refractivity contribution in [2.24, 2.45) is 0 Å². The zero-order chi connectivity index (χ0) is 15.5. The van der Waals surface area contributed by atoms with Crippen molar-refractivity contribution in [1.29, 1.82) is 0 Å². The minimum atomic E-state index is -0.258. The molecule has 4 N–H and O–H groups in total. The average molecular weight is 310 g/mol. The number of carbonyl (C=O) groups excluding carboxylic acids is 1. The first-order valence-electron chi connectivity index (χ1n) is 6.43. The predicted octanol–water partition coefficient (Wildman–Crippen LogP) is 1.29. The molecule has 2 aromatic rings. The van der Waals surface area contributed by atoms with Crippen LogP contribution in [0.3, 0.4) is 0 Å². The lowest BCUT2D eigenvalue weighted by Crippen LogP contribution is -2.26. The zero-order valence-electron chi connectivity index (χ0n) is 12.1. The van der Waals surface area contributed by atoms with E-state index in [2.05, 4.69) is 25.8 Å². The summed E-state index contributed by atoms with van der Waals surface area (Å²) >= 11 is 1.23. The summed E-state index contributed by atoms with van der Waals surface area (Å²) in [4.78, 5) is 20.5. The molecule has 0 aromatic carbocycles. The fourth-order valence-corrected chi connectivity index (χ4v) is 2.55. The number of nitrogens with zero attached hydrogens (tertiary/aromatic N) is 3. The van der Waals surface area contributed by atoms with E-state index >= 15 is 0 Å². The number of nitrogens with one attached hydrogen (secondary N) is 2. The van der Waals surface area contributed by atoms with Crippen molar-refractivity contribution in [3.63, 3.8) is 0 Å². The number of carbonyl (C=O) groups is 1. The summed E-state index contributed by atoms with van der Waals surface area (Å²) < 4.78 is 4.85. The van der Waals surface area contributed by atoms with Crippen molar-refractivity contribution >= 4 is 28.2 Å². The van der Waals surface area contributed by atoms with Crippen LogP contribution in [-0.2, 0) is 6.42 Å². The normalized spacial score (nSPS) is 11.4. The van der Waals surface area contributed by atoms with E-state index in [4.69, 9.17) is 10.3 Å². The van der Waals surface area contributed by atoms with Gasteiger partial charge in [-0.25, -0.2) is 4.98 Å². The molecule has 0 unspecified atom stereocenters. The number of hydrogen-bond acceptors (Lipinski definition) is 8. The van der Waals surface area contributed by atoms with Gasteiger partial charge in [-0.3, -0.25) is 4.79 Å². The van der Waals surface area contributed by atoms with Gasteiger partial charge >= 0.3 is 0 Å². The van der Waals surface area contributed by atoms with Crippen LogP contribution in [0.4, 0.5) is 10.9 Å². The van der Waals surface area contributed by atoms with E-state index in [1.165, 1.54) is 17.7 Å². The largest absolute Gasteiger partial charge is 0.382 e. The minimum absolute atomic E-state index is 0.143. The molecule has 0 saturated heterocycles. The van der Waals surface area contributed by atoms with Crippen molar-refractivity contribution in [2.75, 3.05) is 17.6 Å². The number of anilines is 2. The molecule has 2 heterocycles. The smallest absolute Gasteiger partial charge is 0.265 e.